The van der Waals surface area contributed by atoms with E-state index >= 15 is 0 Å². The van der Waals surface area contributed by atoms with Crippen LogP contribution in [0, 0.1) is 6.92 Å². The molecule has 5 rings (SSSR count). The molecule has 150 valence electrons. The van der Waals surface area contributed by atoms with Gasteiger partial charge in [0.25, 0.3) is 0 Å². The van der Waals surface area contributed by atoms with Gasteiger partial charge in [0.1, 0.15) is 5.75 Å². The number of hydrogen-bond donors (Lipinski definition) is 0. The maximum atomic E-state index is 13.2. The lowest BCUT2D eigenvalue weighted by atomic mass is 10.0. The molecule has 0 radical (unpaired) electrons. The first kappa shape index (κ1) is 19.3. The number of ether oxygens (including phenoxy) is 1. The average Bonchev–Trinajstić information content (AvgIpc) is 2.79. The van der Waals surface area contributed by atoms with Crippen molar-refractivity contribution in [3.8, 4) is 17.0 Å². The molecule has 0 aliphatic rings. The van der Waals surface area contributed by atoms with E-state index in [1.54, 1.807) is 6.07 Å². The van der Waals surface area contributed by atoms with Crippen LogP contribution in [0.5, 0.6) is 5.75 Å². The van der Waals surface area contributed by atoms with Gasteiger partial charge < -0.3 is 4.74 Å². The number of aromatic nitrogens is 1. The molecule has 4 aromatic carbocycles. The smallest absolute Gasteiger partial charge is 0.344 e. The number of aryl methyl sites for hydroxylation is 1. The van der Waals surface area contributed by atoms with Gasteiger partial charge in [0.05, 0.1) is 16.8 Å². The molecule has 0 N–H and O–H groups in total. The molecule has 5 aromatic rings. The summed E-state index contributed by atoms with van der Waals surface area (Å²) < 4.78 is 5.78. The summed E-state index contributed by atoms with van der Waals surface area (Å²) in [4.78, 5) is 18.0. The van der Waals surface area contributed by atoms with Crippen LogP contribution in [0.15, 0.2) is 91.0 Å². The van der Waals surface area contributed by atoms with Crippen molar-refractivity contribution in [2.24, 2.45) is 0 Å². The van der Waals surface area contributed by atoms with Gasteiger partial charge in [-0.3, -0.25) is 0 Å². The van der Waals surface area contributed by atoms with E-state index in [0.29, 0.717) is 22.0 Å². The lowest BCUT2D eigenvalue weighted by Gasteiger charge is -2.11. The Kier molecular flexibility index (Phi) is 4.89. The Hall–Kier alpha value is -3.69. The van der Waals surface area contributed by atoms with Crippen molar-refractivity contribution in [2.75, 3.05) is 0 Å². The van der Waals surface area contributed by atoms with Crippen LogP contribution in [0.2, 0.25) is 5.02 Å². The molecule has 4 heteroatoms. The Labute approximate surface area is 184 Å². The molecule has 0 saturated heterocycles. The van der Waals surface area contributed by atoms with Crippen LogP contribution in [-0.2, 0) is 0 Å². The maximum absolute atomic E-state index is 13.2. The summed E-state index contributed by atoms with van der Waals surface area (Å²) in [7, 11) is 0. The molecule has 1 heterocycles. The second-order valence-corrected chi connectivity index (χ2v) is 7.92. The molecule has 0 saturated carbocycles. The molecule has 0 spiro atoms. The highest BCUT2D eigenvalue weighted by atomic mass is 35.5. The van der Waals surface area contributed by atoms with E-state index in [1.165, 1.54) is 0 Å². The molecule has 0 atom stereocenters. The summed E-state index contributed by atoms with van der Waals surface area (Å²) in [5.41, 5.74) is 3.84. The molecule has 31 heavy (non-hydrogen) atoms. The van der Waals surface area contributed by atoms with Gasteiger partial charge >= 0.3 is 5.97 Å². The first-order valence-electron chi connectivity index (χ1n) is 9.95. The molecule has 0 fully saturated rings. The van der Waals surface area contributed by atoms with E-state index in [1.807, 2.05) is 91.9 Å². The highest BCUT2D eigenvalue weighted by Gasteiger charge is 2.17. The number of nitrogens with zero attached hydrogens (tertiary/aromatic N) is 1. The standard InChI is InChI=1S/C27H18ClNO2/c1-17-6-13-25-23(14-17)24(16-26(29-25)19-7-10-21(28)11-8-19)27(30)31-22-12-9-18-4-2-3-5-20(18)15-22/h2-16H,1H3. The fourth-order valence-corrected chi connectivity index (χ4v) is 3.80. The average molecular weight is 424 g/mol. The summed E-state index contributed by atoms with van der Waals surface area (Å²) in [6, 6.07) is 28.7. The lowest BCUT2D eigenvalue weighted by Crippen LogP contribution is -2.10. The fourth-order valence-electron chi connectivity index (χ4n) is 3.67. The molecule has 3 nitrogen and oxygen atoms in total. The first-order valence-corrected chi connectivity index (χ1v) is 10.3. The van der Waals surface area contributed by atoms with Crippen molar-refractivity contribution in [1.82, 2.24) is 4.98 Å². The topological polar surface area (TPSA) is 39.2 Å². The molecular formula is C27H18ClNO2. The van der Waals surface area contributed by atoms with Crippen molar-refractivity contribution in [3.63, 3.8) is 0 Å². The summed E-state index contributed by atoms with van der Waals surface area (Å²) >= 11 is 6.03. The summed E-state index contributed by atoms with van der Waals surface area (Å²) in [6.45, 7) is 1.99. The SMILES string of the molecule is Cc1ccc2nc(-c3ccc(Cl)cc3)cc(C(=O)Oc3ccc4ccccc4c3)c2c1. The first-order chi connectivity index (χ1) is 15.1. The fraction of sp³-hybridized carbons (Fsp3) is 0.0370. The molecule has 1 aromatic heterocycles. The number of carbonyl (C=O) groups is 1. The van der Waals surface area contributed by atoms with E-state index in [-0.39, 0.29) is 0 Å². The zero-order chi connectivity index (χ0) is 21.4. The number of pyridine rings is 1. The van der Waals surface area contributed by atoms with Crippen LogP contribution in [0.3, 0.4) is 0 Å². The summed E-state index contributed by atoms with van der Waals surface area (Å²) in [5.74, 6) is 0.0952. The Morgan fingerprint density at radius 3 is 2.42 bits per heavy atom. The van der Waals surface area contributed by atoms with Gasteiger partial charge in [0.2, 0.25) is 0 Å². The number of esters is 1. The maximum Gasteiger partial charge on any atom is 0.344 e. The van der Waals surface area contributed by atoms with Gasteiger partial charge in [-0.1, -0.05) is 65.7 Å². The second kappa shape index (κ2) is 7.86. The van der Waals surface area contributed by atoms with Gasteiger partial charge in [0.15, 0.2) is 0 Å². The Bertz CT molecular complexity index is 1440. The minimum atomic E-state index is -0.413. The lowest BCUT2D eigenvalue weighted by molar-refractivity contribution is 0.0737. The van der Waals surface area contributed by atoms with E-state index in [4.69, 9.17) is 21.3 Å². The Balaban J connectivity index is 1.59. The monoisotopic (exact) mass is 423 g/mol. The summed E-state index contributed by atoms with van der Waals surface area (Å²) in [5, 5.41) is 3.53. The third-order valence-electron chi connectivity index (χ3n) is 5.26. The number of carbonyl (C=O) groups excluding carboxylic acids is 1. The van der Waals surface area contributed by atoms with Crippen LogP contribution in [0.25, 0.3) is 32.9 Å². The largest absolute Gasteiger partial charge is 0.423 e. The number of halogens is 1. The third-order valence-corrected chi connectivity index (χ3v) is 5.51. The van der Waals surface area contributed by atoms with Crippen molar-refractivity contribution in [1.29, 1.82) is 0 Å². The van der Waals surface area contributed by atoms with E-state index in [2.05, 4.69) is 0 Å². The molecular weight excluding hydrogens is 406 g/mol. The minimum absolute atomic E-state index is 0.413. The highest BCUT2D eigenvalue weighted by molar-refractivity contribution is 6.30. The van der Waals surface area contributed by atoms with Crippen LogP contribution in [-0.4, -0.2) is 11.0 Å². The van der Waals surface area contributed by atoms with Crippen molar-refractivity contribution in [2.45, 2.75) is 6.92 Å². The van der Waals surface area contributed by atoms with Gasteiger partial charge in [-0.15, -0.1) is 0 Å². The second-order valence-electron chi connectivity index (χ2n) is 7.48. The third kappa shape index (κ3) is 3.88. The van der Waals surface area contributed by atoms with Crippen molar-refractivity contribution < 1.29 is 9.53 Å². The van der Waals surface area contributed by atoms with E-state index < -0.39 is 5.97 Å². The van der Waals surface area contributed by atoms with Crippen molar-refractivity contribution >= 4 is 39.2 Å². The van der Waals surface area contributed by atoms with Gasteiger partial charge in [-0.25, -0.2) is 9.78 Å². The predicted molar refractivity (Wildman–Crippen MR) is 126 cm³/mol. The molecule has 0 bridgehead atoms. The molecule has 0 amide bonds. The number of hydrogen-bond acceptors (Lipinski definition) is 3. The summed E-state index contributed by atoms with van der Waals surface area (Å²) in [6.07, 6.45) is 0. The van der Waals surface area contributed by atoms with Crippen LogP contribution in [0.1, 0.15) is 15.9 Å². The van der Waals surface area contributed by atoms with Crippen molar-refractivity contribution in [3.05, 3.63) is 107 Å². The predicted octanol–water partition coefficient (Wildman–Crippen LogP) is 7.24. The zero-order valence-corrected chi connectivity index (χ0v) is 17.6. The molecule has 0 aliphatic heterocycles. The number of benzene rings is 4. The highest BCUT2D eigenvalue weighted by Crippen LogP contribution is 2.28. The van der Waals surface area contributed by atoms with E-state index in [0.717, 1.165) is 32.8 Å². The van der Waals surface area contributed by atoms with Crippen LogP contribution < -0.4 is 4.74 Å². The van der Waals surface area contributed by atoms with Crippen LogP contribution >= 0.6 is 11.6 Å². The van der Waals surface area contributed by atoms with Gasteiger partial charge in [0, 0.05) is 16.0 Å². The number of fused-ring (bicyclic) bond motifs is 2. The Morgan fingerprint density at radius 2 is 1.61 bits per heavy atom. The Morgan fingerprint density at radius 1 is 0.839 bits per heavy atom. The number of rotatable bonds is 3. The van der Waals surface area contributed by atoms with Gasteiger partial charge in [-0.05, 0) is 60.2 Å². The zero-order valence-electron chi connectivity index (χ0n) is 16.8. The minimum Gasteiger partial charge on any atom is -0.423 e. The molecule has 0 unspecified atom stereocenters. The van der Waals surface area contributed by atoms with E-state index in [9.17, 15) is 4.79 Å². The quantitative estimate of drug-likeness (QED) is 0.227. The normalized spacial score (nSPS) is 11.0. The van der Waals surface area contributed by atoms with Gasteiger partial charge in [-0.2, -0.15) is 0 Å². The molecule has 0 aliphatic carbocycles. The van der Waals surface area contributed by atoms with Crippen LogP contribution in [0.4, 0.5) is 0 Å².